The number of para-hydroxylation sites is 1. The first-order valence-electron chi connectivity index (χ1n) is 12.0. The number of carbonyl (C=O) groups is 1. The summed E-state index contributed by atoms with van der Waals surface area (Å²) in [5.74, 6) is -0.136. The molecule has 1 saturated carbocycles. The first kappa shape index (κ1) is 22.8. The predicted molar refractivity (Wildman–Crippen MR) is 126 cm³/mol. The predicted octanol–water partition coefficient (Wildman–Crippen LogP) is 3.63. The number of hydrogen-bond donors (Lipinski definition) is 1. The number of hydrogen-bond acceptors (Lipinski definition) is 4. The van der Waals surface area contributed by atoms with Crippen molar-refractivity contribution in [1.29, 1.82) is 0 Å². The Kier molecular flexibility index (Phi) is 7.16. The summed E-state index contributed by atoms with van der Waals surface area (Å²) in [6.45, 7) is 5.46. The van der Waals surface area contributed by atoms with Crippen molar-refractivity contribution in [1.82, 2.24) is 14.3 Å². The normalized spacial score (nSPS) is 19.7. The molecular weight excluding hydrogens is 404 g/mol. The average Bonchev–Trinajstić information content (AvgIpc) is 3.03. The second kappa shape index (κ2) is 10.0. The number of piperidine rings is 1. The molecule has 4 rings (SSSR count). The van der Waals surface area contributed by atoms with E-state index in [1.807, 2.05) is 51.2 Å². The third-order valence-electron chi connectivity index (χ3n) is 7.14. The Balaban J connectivity index is 1.37. The van der Waals surface area contributed by atoms with Gasteiger partial charge in [-0.2, -0.15) is 0 Å². The number of aromatic nitrogens is 2. The molecule has 2 heterocycles. The molecular formula is C25H36N4O3. The van der Waals surface area contributed by atoms with Crippen LogP contribution in [-0.4, -0.2) is 51.5 Å². The Morgan fingerprint density at radius 1 is 1.03 bits per heavy atom. The second-order valence-corrected chi connectivity index (χ2v) is 9.23. The van der Waals surface area contributed by atoms with Crippen molar-refractivity contribution in [3.8, 4) is 5.69 Å². The van der Waals surface area contributed by atoms with Gasteiger partial charge in [0, 0.05) is 20.1 Å². The quantitative estimate of drug-likeness (QED) is 0.745. The van der Waals surface area contributed by atoms with Crippen molar-refractivity contribution >= 4 is 11.6 Å². The van der Waals surface area contributed by atoms with Crippen LogP contribution in [0.1, 0.15) is 57.6 Å². The minimum absolute atomic E-state index is 0.136. The molecule has 1 N–H and O–H groups in total. The molecule has 32 heavy (non-hydrogen) atoms. The zero-order chi connectivity index (χ0) is 22.7. The van der Waals surface area contributed by atoms with Crippen LogP contribution in [0.25, 0.3) is 5.69 Å². The monoisotopic (exact) mass is 440 g/mol. The maximum absolute atomic E-state index is 13.1. The lowest BCUT2D eigenvalue weighted by molar-refractivity contribution is -0.122. The van der Waals surface area contributed by atoms with Crippen LogP contribution in [0.4, 0.5) is 5.69 Å². The second-order valence-electron chi connectivity index (χ2n) is 9.23. The number of amides is 1. The zero-order valence-electron chi connectivity index (χ0n) is 19.5. The highest BCUT2D eigenvalue weighted by atomic mass is 16.5. The number of benzene rings is 1. The number of nitrogens with one attached hydrogen (secondary N) is 1. The van der Waals surface area contributed by atoms with Gasteiger partial charge in [-0.15, -0.1) is 0 Å². The van der Waals surface area contributed by atoms with E-state index in [0.717, 1.165) is 37.3 Å². The SMILES string of the molecule is Cc1c(NC(=O)C(C)N2CCC(OC3CCCCC3)CC2)c(=O)n(-c2ccccc2)n1C. The number of nitrogens with zero attached hydrogens (tertiary/aromatic N) is 3. The van der Waals surface area contributed by atoms with Crippen molar-refractivity contribution in [2.75, 3.05) is 18.4 Å². The average molecular weight is 441 g/mol. The lowest BCUT2D eigenvalue weighted by atomic mass is 9.97. The van der Waals surface area contributed by atoms with Crippen LogP contribution in [0.15, 0.2) is 35.1 Å². The van der Waals surface area contributed by atoms with E-state index in [1.54, 1.807) is 9.36 Å². The smallest absolute Gasteiger partial charge is 0.295 e. The highest BCUT2D eigenvalue weighted by molar-refractivity contribution is 5.95. The Bertz CT molecular complexity index is 967. The van der Waals surface area contributed by atoms with Gasteiger partial charge in [0.05, 0.1) is 29.6 Å². The standard InChI is InChI=1S/C25H36N4O3/c1-18-23(25(31)29(27(18)3)20-10-6-4-7-11-20)26-24(30)19(2)28-16-14-22(15-17-28)32-21-12-8-5-9-13-21/h4,6-7,10-11,19,21-22H,5,8-9,12-17H2,1-3H3,(H,26,30). The molecule has 174 valence electrons. The maximum Gasteiger partial charge on any atom is 0.295 e. The van der Waals surface area contributed by atoms with Gasteiger partial charge < -0.3 is 10.1 Å². The van der Waals surface area contributed by atoms with Gasteiger partial charge in [0.2, 0.25) is 5.91 Å². The van der Waals surface area contributed by atoms with Gasteiger partial charge in [0.15, 0.2) is 0 Å². The molecule has 1 aromatic carbocycles. The summed E-state index contributed by atoms with van der Waals surface area (Å²) in [5.41, 5.74) is 1.65. The van der Waals surface area contributed by atoms with E-state index in [1.165, 1.54) is 32.1 Å². The lowest BCUT2D eigenvalue weighted by Crippen LogP contribution is -2.48. The first-order valence-corrected chi connectivity index (χ1v) is 12.0. The summed E-state index contributed by atoms with van der Waals surface area (Å²) >= 11 is 0. The van der Waals surface area contributed by atoms with Gasteiger partial charge in [-0.25, -0.2) is 4.68 Å². The van der Waals surface area contributed by atoms with Gasteiger partial charge in [-0.05, 0) is 51.7 Å². The minimum atomic E-state index is -0.296. The van der Waals surface area contributed by atoms with E-state index in [-0.39, 0.29) is 17.5 Å². The molecule has 1 unspecified atom stereocenters. The summed E-state index contributed by atoms with van der Waals surface area (Å²) < 4.78 is 9.70. The van der Waals surface area contributed by atoms with Gasteiger partial charge in [0.1, 0.15) is 5.69 Å². The fraction of sp³-hybridized carbons (Fsp3) is 0.600. The van der Waals surface area contributed by atoms with Gasteiger partial charge in [-0.3, -0.25) is 19.2 Å². The van der Waals surface area contributed by atoms with Crippen LogP contribution < -0.4 is 10.9 Å². The molecule has 0 bridgehead atoms. The Labute approximate surface area is 190 Å². The molecule has 7 nitrogen and oxygen atoms in total. The lowest BCUT2D eigenvalue weighted by Gasteiger charge is -2.37. The third kappa shape index (κ3) is 4.84. The molecule has 1 amide bonds. The van der Waals surface area contributed by atoms with E-state index in [0.29, 0.717) is 17.9 Å². The molecule has 1 saturated heterocycles. The summed E-state index contributed by atoms with van der Waals surface area (Å²) in [6, 6.07) is 9.18. The fourth-order valence-electron chi connectivity index (χ4n) is 4.98. The third-order valence-corrected chi connectivity index (χ3v) is 7.14. The first-order chi connectivity index (χ1) is 15.5. The van der Waals surface area contributed by atoms with Gasteiger partial charge in [0.25, 0.3) is 5.56 Å². The molecule has 0 radical (unpaired) electrons. The van der Waals surface area contributed by atoms with Crippen molar-refractivity contribution < 1.29 is 9.53 Å². The van der Waals surface area contributed by atoms with Crippen LogP contribution in [-0.2, 0) is 16.6 Å². The van der Waals surface area contributed by atoms with E-state index >= 15 is 0 Å². The fourth-order valence-corrected chi connectivity index (χ4v) is 4.98. The minimum Gasteiger partial charge on any atom is -0.375 e. The summed E-state index contributed by atoms with van der Waals surface area (Å²) in [5, 5.41) is 2.92. The highest BCUT2D eigenvalue weighted by Crippen LogP contribution is 2.25. The highest BCUT2D eigenvalue weighted by Gasteiger charge is 2.30. The van der Waals surface area contributed by atoms with Crippen LogP contribution in [0.3, 0.4) is 0 Å². The van der Waals surface area contributed by atoms with Crippen molar-refractivity contribution in [3.05, 3.63) is 46.4 Å². The number of rotatable bonds is 6. The van der Waals surface area contributed by atoms with Gasteiger partial charge in [-0.1, -0.05) is 37.5 Å². The number of carbonyl (C=O) groups excluding carboxylic acids is 1. The van der Waals surface area contributed by atoms with E-state index in [4.69, 9.17) is 4.74 Å². The summed E-state index contributed by atoms with van der Waals surface area (Å²) in [7, 11) is 1.83. The molecule has 1 aromatic heterocycles. The molecule has 2 aromatic rings. The molecule has 2 aliphatic rings. The Morgan fingerprint density at radius 3 is 2.31 bits per heavy atom. The summed E-state index contributed by atoms with van der Waals surface area (Å²) in [6.07, 6.45) is 8.93. The molecule has 0 spiro atoms. The van der Waals surface area contributed by atoms with Crippen molar-refractivity contribution in [3.63, 3.8) is 0 Å². The molecule has 1 atom stereocenters. The zero-order valence-corrected chi connectivity index (χ0v) is 19.5. The van der Waals surface area contributed by atoms with Crippen LogP contribution >= 0.6 is 0 Å². The Morgan fingerprint density at radius 2 is 1.66 bits per heavy atom. The van der Waals surface area contributed by atoms with Crippen LogP contribution in [0.2, 0.25) is 0 Å². The van der Waals surface area contributed by atoms with Crippen LogP contribution in [0.5, 0.6) is 0 Å². The van der Waals surface area contributed by atoms with E-state index in [2.05, 4.69) is 10.2 Å². The van der Waals surface area contributed by atoms with Crippen LogP contribution in [0, 0.1) is 6.92 Å². The molecule has 1 aliphatic carbocycles. The molecule has 2 fully saturated rings. The molecule has 7 heteroatoms. The largest absolute Gasteiger partial charge is 0.375 e. The number of likely N-dealkylation sites (tertiary alicyclic amines) is 1. The number of ether oxygens (including phenoxy) is 1. The Hall–Kier alpha value is -2.38. The van der Waals surface area contributed by atoms with E-state index in [9.17, 15) is 9.59 Å². The van der Waals surface area contributed by atoms with Crippen molar-refractivity contribution in [2.24, 2.45) is 7.05 Å². The molecule has 1 aliphatic heterocycles. The number of anilines is 1. The van der Waals surface area contributed by atoms with Crippen molar-refractivity contribution in [2.45, 2.75) is 77.0 Å². The van der Waals surface area contributed by atoms with Gasteiger partial charge >= 0.3 is 0 Å². The topological polar surface area (TPSA) is 68.5 Å². The summed E-state index contributed by atoms with van der Waals surface area (Å²) in [4.78, 5) is 28.3. The maximum atomic E-state index is 13.1. The van der Waals surface area contributed by atoms with E-state index < -0.39 is 0 Å².